The molecule has 0 spiro atoms. The fourth-order valence-electron chi connectivity index (χ4n) is 14.7. The summed E-state index contributed by atoms with van der Waals surface area (Å²) in [6.45, 7) is 15.1. The number of hydrogen-bond donors (Lipinski definition) is 0. The van der Waals surface area contributed by atoms with Gasteiger partial charge in [0.15, 0.2) is 0 Å². The molecule has 0 bridgehead atoms. The minimum Gasteiger partial charge on any atom is -0.748 e. The molecule has 0 aromatic heterocycles. The first-order valence-electron chi connectivity index (χ1n) is 46.7. The first-order valence-corrected chi connectivity index (χ1v) is 53.0. The van der Waals surface area contributed by atoms with Crippen molar-refractivity contribution in [2.24, 2.45) is 0 Å². The summed E-state index contributed by atoms with van der Waals surface area (Å²) >= 11 is 0. The normalized spacial score (nSPS) is 10.6. The Bertz CT molecular complexity index is 5930. The van der Waals surface area contributed by atoms with Crippen LogP contribution in [0.5, 0.6) is 0 Å². The van der Waals surface area contributed by atoms with Crippen molar-refractivity contribution in [1.82, 2.24) is 0 Å². The van der Waals surface area contributed by atoms with Gasteiger partial charge in [0.25, 0.3) is 0 Å². The van der Waals surface area contributed by atoms with E-state index >= 15 is 0 Å². The Labute approximate surface area is 951 Å². The number of ether oxygens (including phenoxy) is 4. The summed E-state index contributed by atoms with van der Waals surface area (Å²) < 4.78 is 139. The van der Waals surface area contributed by atoms with E-state index < -0.39 is 40.5 Å². The van der Waals surface area contributed by atoms with Gasteiger partial charge in [0, 0.05) is 75.9 Å². The predicted octanol–water partition coefficient (Wildman–Crippen LogP) is 17.2. The van der Waals surface area contributed by atoms with E-state index in [1.807, 2.05) is 27.7 Å². The zero-order chi connectivity index (χ0) is 99.1. The third-order valence-electron chi connectivity index (χ3n) is 21.9. The maximum atomic E-state index is 9.98. The topological polar surface area (TPSA) is 266 Å². The van der Waals surface area contributed by atoms with E-state index in [2.05, 4.69) is 426 Å². The van der Waals surface area contributed by atoms with Crippen LogP contribution >= 0.6 is 0 Å². The van der Waals surface area contributed by atoms with Crippen LogP contribution in [0, 0.1) is 0 Å². The van der Waals surface area contributed by atoms with Gasteiger partial charge in [-0.3, -0.25) is 0 Å². The Morgan fingerprint density at radius 3 is 0.303 bits per heavy atom. The minimum atomic E-state index is -4.03. The molecule has 0 saturated heterocycles. The van der Waals surface area contributed by atoms with Crippen LogP contribution < -0.4 is 118 Å². The van der Waals surface area contributed by atoms with E-state index in [0.717, 1.165) is 0 Å². The van der Waals surface area contributed by atoms with E-state index in [1.54, 1.807) is 0 Å². The molecule has 736 valence electrons. The van der Waals surface area contributed by atoms with Gasteiger partial charge in [-0.2, -0.15) is 0 Å². The van der Waals surface area contributed by atoms with Crippen molar-refractivity contribution in [2.75, 3.05) is 75.9 Å². The van der Waals surface area contributed by atoms with Crippen LogP contribution in [0.1, 0.15) is 88.5 Å². The fourth-order valence-corrected chi connectivity index (χ4v) is 16.6. The fraction of sp³-hybridized carbons (Fsp3) is 0.207. The SMILES string of the molecule is C.C.CCC.CCOCCCS(=O)(=O)[O-].CCOCCCS(=O)(=O)[O-].CCOCCCS(=O)(=O)[O-].CCOCCCS(=O)(=O)[O-].[Na+].[Na+].[Na+].[Na+].c1ccc(-c2ccc(-c3ccc(-c4ccc(-c5ccc(-c6ccc(-c7ccc(-c8ccccc8)cc7)cc6)cc5)cc4)cc3)cc2)cc1.c1ccc(-c2ccc(-c3ccc(-c4ccc(-c5ccc(-c6ccc(-c7ccc(-c8ccccc8)cc7)cc6)cc5)cc4)cc3)cc2)cc1. The van der Waals surface area contributed by atoms with Crippen molar-refractivity contribution in [3.05, 3.63) is 413 Å². The maximum absolute atomic E-state index is 9.98. The Morgan fingerprint density at radius 1 is 0.159 bits per heavy atom. The van der Waals surface area contributed by atoms with Crippen molar-refractivity contribution < 1.29 is 189 Å². The van der Waals surface area contributed by atoms with Crippen LogP contribution in [0.4, 0.5) is 0 Å². The van der Waals surface area contributed by atoms with E-state index in [1.165, 1.54) is 162 Å². The molecule has 0 aliphatic carbocycles. The molecule has 16 rings (SSSR count). The summed E-state index contributed by atoms with van der Waals surface area (Å²) in [5.74, 6) is -1.31. The molecule has 24 heteroatoms. The van der Waals surface area contributed by atoms with Gasteiger partial charge in [-0.1, -0.05) is 448 Å². The summed E-state index contributed by atoms with van der Waals surface area (Å²) in [6.07, 6.45) is 2.42. The van der Waals surface area contributed by atoms with Gasteiger partial charge in [0.1, 0.15) is 0 Å². The molecule has 0 N–H and O–H groups in total. The van der Waals surface area contributed by atoms with Gasteiger partial charge in [0.2, 0.25) is 0 Å². The van der Waals surface area contributed by atoms with E-state index in [0.29, 0.717) is 78.5 Å². The molecule has 16 aromatic rings. The zero-order valence-electron chi connectivity index (χ0n) is 83.4. The molecule has 145 heavy (non-hydrogen) atoms. The number of rotatable bonds is 34. The van der Waals surface area contributed by atoms with Crippen molar-refractivity contribution in [2.45, 2.75) is 88.5 Å². The van der Waals surface area contributed by atoms with Crippen LogP contribution in [0.3, 0.4) is 0 Å². The van der Waals surface area contributed by atoms with Crippen LogP contribution in [0.15, 0.2) is 413 Å². The van der Waals surface area contributed by atoms with E-state index in [9.17, 15) is 51.9 Å². The first-order chi connectivity index (χ1) is 67.2. The van der Waals surface area contributed by atoms with E-state index in [4.69, 9.17) is 18.9 Å². The summed E-state index contributed by atoms with van der Waals surface area (Å²) in [5, 5.41) is 0. The number of hydrogen-bond acceptors (Lipinski definition) is 16. The molecule has 0 unspecified atom stereocenters. The minimum absolute atomic E-state index is 0. The van der Waals surface area contributed by atoms with Crippen LogP contribution in [-0.2, 0) is 59.4 Å². The van der Waals surface area contributed by atoms with Gasteiger partial charge in [-0.25, -0.2) is 33.7 Å². The van der Waals surface area contributed by atoms with Gasteiger partial charge in [-0.15, -0.1) is 0 Å². The zero-order valence-corrected chi connectivity index (χ0v) is 94.7. The molecular formula is C121H128Na4O16S4. The first kappa shape index (κ1) is 128. The molecule has 0 amide bonds. The van der Waals surface area contributed by atoms with Crippen molar-refractivity contribution in [3.8, 4) is 156 Å². The van der Waals surface area contributed by atoms with Crippen molar-refractivity contribution in [1.29, 1.82) is 0 Å². The Kier molecular flexibility index (Phi) is 60.7. The molecule has 0 radical (unpaired) electrons. The average molecular weight is 2060 g/mol. The molecule has 0 fully saturated rings. The molecule has 0 saturated carbocycles. The van der Waals surface area contributed by atoms with Crippen LogP contribution in [0.25, 0.3) is 156 Å². The molecule has 0 heterocycles. The average Bonchev–Trinajstić information content (AvgIpc) is 0.807. The maximum Gasteiger partial charge on any atom is 1.00 e. The van der Waals surface area contributed by atoms with Crippen molar-refractivity contribution in [3.63, 3.8) is 0 Å². The van der Waals surface area contributed by atoms with Gasteiger partial charge in [0.05, 0.1) is 40.5 Å². The standard InChI is InChI=1S/2C48H34.4C5H12O4S.C3H8.2CH4.4Na/c2*1-3-7-35(8-4-1)37-11-15-39(16-12-37)41-19-23-43(24-20-41)45-27-31-47(32-28-45)48-33-29-46(30-34-48)44-25-21-42(22-26-44)40-17-13-38(14-18-40)36-9-5-2-6-10-36;4*1-2-9-4-3-5-10(6,7)8;1-3-2;;;;;;/h2*1-34H;4*2-5H2,1H3,(H,6,7,8);3H2,1-2H3;2*1H4;;;;/q;;;;;;;;;4*+1/p-4. The van der Waals surface area contributed by atoms with Gasteiger partial charge >= 0.3 is 118 Å². The van der Waals surface area contributed by atoms with Crippen LogP contribution in [0.2, 0.25) is 0 Å². The number of benzene rings is 16. The second kappa shape index (κ2) is 68.6. The van der Waals surface area contributed by atoms with Crippen molar-refractivity contribution >= 4 is 40.5 Å². The Morgan fingerprint density at radius 2 is 0.234 bits per heavy atom. The molecule has 0 aliphatic rings. The van der Waals surface area contributed by atoms with E-state index in [-0.39, 0.29) is 156 Å². The largest absolute Gasteiger partial charge is 1.00 e. The molecule has 0 atom stereocenters. The summed E-state index contributed by atoms with van der Waals surface area (Å²) in [4.78, 5) is 0. The Hall–Kier alpha value is -9.00. The summed E-state index contributed by atoms with van der Waals surface area (Å²) in [5.41, 5.74) is 34.3. The summed E-state index contributed by atoms with van der Waals surface area (Å²) in [7, 11) is -16.1. The summed E-state index contributed by atoms with van der Waals surface area (Å²) in [6, 6.07) is 148. The smallest absolute Gasteiger partial charge is 0.748 e. The van der Waals surface area contributed by atoms with Crippen LogP contribution in [-0.4, -0.2) is 128 Å². The second-order valence-corrected chi connectivity index (χ2v) is 38.4. The molecule has 16 aromatic carbocycles. The predicted molar refractivity (Wildman–Crippen MR) is 581 cm³/mol. The second-order valence-electron chi connectivity index (χ2n) is 32.3. The Balaban J connectivity index is 0.000000419. The third-order valence-corrected chi connectivity index (χ3v) is 25.1. The quantitative estimate of drug-likeness (QED) is 0.0206. The monoisotopic (exact) mass is 2060 g/mol. The third kappa shape index (κ3) is 46.3. The molecule has 0 aliphatic heterocycles. The van der Waals surface area contributed by atoms with Gasteiger partial charge < -0.3 is 37.2 Å². The molecule has 16 nitrogen and oxygen atoms in total. The van der Waals surface area contributed by atoms with Gasteiger partial charge in [-0.05, 0) is 209 Å². The molecular weight excluding hydrogens is 1930 g/mol.